The predicted octanol–water partition coefficient (Wildman–Crippen LogP) is 0.579. The van der Waals surface area contributed by atoms with Crippen molar-refractivity contribution in [2.75, 3.05) is 20.3 Å². The van der Waals surface area contributed by atoms with E-state index in [9.17, 15) is 4.79 Å². The van der Waals surface area contributed by atoms with Crippen molar-refractivity contribution in [3.8, 4) is 0 Å². The summed E-state index contributed by atoms with van der Waals surface area (Å²) in [5, 5.41) is 3.14. The molecule has 1 N–H and O–H groups in total. The molecule has 0 radical (unpaired) electrons. The molecule has 0 saturated carbocycles. The van der Waals surface area contributed by atoms with E-state index < -0.39 is 0 Å². The molecule has 82 valence electrons. The van der Waals surface area contributed by atoms with Crippen molar-refractivity contribution in [1.29, 1.82) is 0 Å². The van der Waals surface area contributed by atoms with Crippen LogP contribution in [0.2, 0.25) is 0 Å². The van der Waals surface area contributed by atoms with E-state index in [0.29, 0.717) is 13.2 Å². The number of rotatable bonds is 5. The average Bonchev–Trinajstić information content (AvgIpc) is 2.46. The van der Waals surface area contributed by atoms with Crippen LogP contribution in [0.15, 0.2) is 0 Å². The van der Waals surface area contributed by atoms with Gasteiger partial charge in [-0.25, -0.2) is 0 Å². The van der Waals surface area contributed by atoms with Crippen LogP contribution in [0.1, 0.15) is 26.7 Å². The zero-order chi connectivity index (χ0) is 10.6. The van der Waals surface area contributed by atoms with Gasteiger partial charge in [0.1, 0.15) is 0 Å². The van der Waals surface area contributed by atoms with Crippen molar-refractivity contribution in [3.63, 3.8) is 0 Å². The Bertz CT molecular complexity index is 191. The molecule has 4 nitrogen and oxygen atoms in total. The number of hydrogen-bond acceptors (Lipinski definition) is 3. The second-order valence-electron chi connectivity index (χ2n) is 3.76. The minimum absolute atomic E-state index is 0.147. The van der Waals surface area contributed by atoms with Crippen LogP contribution in [0.5, 0.6) is 0 Å². The molecule has 0 aliphatic carbocycles. The quantitative estimate of drug-likeness (QED) is 0.706. The molecule has 0 aromatic heterocycles. The third-order valence-electron chi connectivity index (χ3n) is 2.63. The Morgan fingerprint density at radius 2 is 2.43 bits per heavy atom. The van der Waals surface area contributed by atoms with Crippen molar-refractivity contribution in [3.05, 3.63) is 0 Å². The number of nitrogens with one attached hydrogen (secondary N) is 1. The van der Waals surface area contributed by atoms with Gasteiger partial charge in [0, 0.05) is 7.11 Å². The Hall–Kier alpha value is -0.610. The molecule has 0 aromatic carbocycles. The van der Waals surface area contributed by atoms with E-state index in [2.05, 4.69) is 12.2 Å². The van der Waals surface area contributed by atoms with Crippen LogP contribution in [0.25, 0.3) is 0 Å². The minimum Gasteiger partial charge on any atom is -0.383 e. The molecule has 1 saturated heterocycles. The van der Waals surface area contributed by atoms with Crippen molar-refractivity contribution in [2.24, 2.45) is 0 Å². The molecule has 1 rings (SSSR count). The molecule has 1 fully saturated rings. The molecule has 1 heterocycles. The topological polar surface area (TPSA) is 41.6 Å². The Labute approximate surface area is 85.6 Å². The van der Waals surface area contributed by atoms with Crippen LogP contribution >= 0.6 is 0 Å². The summed E-state index contributed by atoms with van der Waals surface area (Å²) >= 11 is 0. The predicted molar refractivity (Wildman–Crippen MR) is 54.9 cm³/mol. The highest BCUT2D eigenvalue weighted by Gasteiger charge is 2.32. The lowest BCUT2D eigenvalue weighted by Gasteiger charge is -2.30. The lowest BCUT2D eigenvalue weighted by molar-refractivity contribution is -0.131. The molecule has 0 spiro atoms. The SMILES string of the molecule is CCCC(COC)N1C(=O)CNC1C. The van der Waals surface area contributed by atoms with Gasteiger partial charge >= 0.3 is 0 Å². The Balaban J connectivity index is 2.60. The van der Waals surface area contributed by atoms with Gasteiger partial charge in [-0.3, -0.25) is 10.1 Å². The highest BCUT2D eigenvalue weighted by molar-refractivity contribution is 5.80. The van der Waals surface area contributed by atoms with E-state index in [4.69, 9.17) is 4.74 Å². The van der Waals surface area contributed by atoms with Crippen molar-refractivity contribution >= 4 is 5.91 Å². The van der Waals surface area contributed by atoms with Crippen LogP contribution < -0.4 is 5.32 Å². The number of nitrogens with zero attached hydrogens (tertiary/aromatic N) is 1. The van der Waals surface area contributed by atoms with Crippen molar-refractivity contribution in [1.82, 2.24) is 10.2 Å². The monoisotopic (exact) mass is 200 g/mol. The van der Waals surface area contributed by atoms with Gasteiger partial charge in [-0.1, -0.05) is 13.3 Å². The maximum absolute atomic E-state index is 11.6. The normalized spacial score (nSPS) is 24.4. The van der Waals surface area contributed by atoms with Gasteiger partial charge in [0.2, 0.25) is 5.91 Å². The summed E-state index contributed by atoms with van der Waals surface area (Å²) < 4.78 is 5.14. The summed E-state index contributed by atoms with van der Waals surface area (Å²) in [6, 6.07) is 0.225. The first-order chi connectivity index (χ1) is 6.70. The maximum Gasteiger partial charge on any atom is 0.238 e. The fraction of sp³-hybridized carbons (Fsp3) is 0.900. The second kappa shape index (κ2) is 5.32. The van der Waals surface area contributed by atoms with Crippen molar-refractivity contribution in [2.45, 2.75) is 38.9 Å². The number of ether oxygens (including phenoxy) is 1. The van der Waals surface area contributed by atoms with E-state index >= 15 is 0 Å². The fourth-order valence-electron chi connectivity index (χ4n) is 1.99. The largest absolute Gasteiger partial charge is 0.383 e. The number of carbonyl (C=O) groups excluding carboxylic acids is 1. The summed E-state index contributed by atoms with van der Waals surface area (Å²) in [5.41, 5.74) is 0. The Morgan fingerprint density at radius 1 is 1.71 bits per heavy atom. The van der Waals surface area contributed by atoms with Gasteiger partial charge < -0.3 is 9.64 Å². The van der Waals surface area contributed by atoms with E-state index in [-0.39, 0.29) is 18.1 Å². The molecule has 1 amide bonds. The molecule has 0 bridgehead atoms. The van der Waals surface area contributed by atoms with Crippen LogP contribution in [0, 0.1) is 0 Å². The van der Waals surface area contributed by atoms with Crippen molar-refractivity contribution < 1.29 is 9.53 Å². The van der Waals surface area contributed by atoms with E-state index in [1.54, 1.807) is 7.11 Å². The molecule has 2 atom stereocenters. The minimum atomic E-state index is 0.147. The van der Waals surface area contributed by atoms with Gasteiger partial charge in [-0.2, -0.15) is 0 Å². The van der Waals surface area contributed by atoms with Gasteiger partial charge in [0.25, 0.3) is 0 Å². The van der Waals surface area contributed by atoms with Crippen LogP contribution in [-0.4, -0.2) is 43.3 Å². The standard InChI is InChI=1S/C10H20N2O2/c1-4-5-9(7-14-3)12-8(2)11-6-10(12)13/h8-9,11H,4-7H2,1-3H3. The summed E-state index contributed by atoms with van der Waals surface area (Å²) in [6.07, 6.45) is 2.23. The average molecular weight is 200 g/mol. The third-order valence-corrected chi connectivity index (χ3v) is 2.63. The Kier molecular flexibility index (Phi) is 4.35. The second-order valence-corrected chi connectivity index (χ2v) is 3.76. The first-order valence-electron chi connectivity index (χ1n) is 5.24. The molecular weight excluding hydrogens is 180 g/mol. The molecule has 4 heteroatoms. The maximum atomic E-state index is 11.6. The first kappa shape index (κ1) is 11.5. The van der Waals surface area contributed by atoms with E-state index in [0.717, 1.165) is 12.8 Å². The lowest BCUT2D eigenvalue weighted by atomic mass is 10.1. The van der Waals surface area contributed by atoms with Gasteiger partial charge in [-0.15, -0.1) is 0 Å². The summed E-state index contributed by atoms with van der Waals surface area (Å²) in [4.78, 5) is 13.5. The highest BCUT2D eigenvalue weighted by atomic mass is 16.5. The third kappa shape index (κ3) is 2.45. The van der Waals surface area contributed by atoms with Gasteiger partial charge in [0.05, 0.1) is 25.4 Å². The van der Waals surface area contributed by atoms with Gasteiger partial charge in [0.15, 0.2) is 0 Å². The summed E-state index contributed by atoms with van der Waals surface area (Å²) in [7, 11) is 1.68. The number of amides is 1. The highest BCUT2D eigenvalue weighted by Crippen LogP contribution is 2.14. The van der Waals surface area contributed by atoms with E-state index in [1.165, 1.54) is 0 Å². The molecule has 2 unspecified atom stereocenters. The molecule has 0 aromatic rings. The smallest absolute Gasteiger partial charge is 0.238 e. The summed E-state index contributed by atoms with van der Waals surface area (Å²) in [6.45, 7) is 5.24. The molecule has 1 aliphatic heterocycles. The number of hydrogen-bond donors (Lipinski definition) is 1. The molecular formula is C10H20N2O2. The van der Waals surface area contributed by atoms with Gasteiger partial charge in [-0.05, 0) is 13.3 Å². The zero-order valence-electron chi connectivity index (χ0n) is 9.25. The van der Waals surface area contributed by atoms with E-state index in [1.807, 2.05) is 11.8 Å². The fourth-order valence-corrected chi connectivity index (χ4v) is 1.99. The van der Waals surface area contributed by atoms with Crippen LogP contribution in [0.3, 0.4) is 0 Å². The lowest BCUT2D eigenvalue weighted by Crippen LogP contribution is -2.45. The molecule has 1 aliphatic rings. The first-order valence-corrected chi connectivity index (χ1v) is 5.24. The van der Waals surface area contributed by atoms with Crippen LogP contribution in [0.4, 0.5) is 0 Å². The number of carbonyl (C=O) groups is 1. The summed E-state index contributed by atoms with van der Waals surface area (Å²) in [5.74, 6) is 0.188. The Morgan fingerprint density at radius 3 is 2.86 bits per heavy atom. The molecule has 14 heavy (non-hydrogen) atoms. The van der Waals surface area contributed by atoms with Crippen LogP contribution in [-0.2, 0) is 9.53 Å². The number of methoxy groups -OCH3 is 1. The zero-order valence-corrected chi connectivity index (χ0v) is 9.25.